The summed E-state index contributed by atoms with van der Waals surface area (Å²) in [7, 11) is 0. The molecule has 1 atom stereocenters. The standard InChI is InChI=1S/C32H29N3O6/c36-30(24-10-11-26-27(19-24)40-17-16-39-26)28-29(35(32(38)31(28)37)14-5-13-34-15-12-33-21-34)23-8-4-9-25(18-23)41-20-22-6-2-1-3-7-22/h1-4,6-12,15,18-19,21,29,36H,5,13-14,16-17,20H2/t29-/m1/s1. The molecule has 1 amide bonds. The van der Waals surface area contributed by atoms with E-state index in [2.05, 4.69) is 4.98 Å². The van der Waals surface area contributed by atoms with Crippen molar-refractivity contribution in [2.75, 3.05) is 19.8 Å². The number of hydrogen-bond donors (Lipinski definition) is 1. The molecule has 3 heterocycles. The number of aryl methyl sites for hydroxylation is 1. The van der Waals surface area contributed by atoms with Crippen molar-refractivity contribution < 1.29 is 28.9 Å². The molecule has 9 nitrogen and oxygen atoms in total. The van der Waals surface area contributed by atoms with Gasteiger partial charge in [0, 0.05) is 31.0 Å². The molecule has 2 aliphatic heterocycles. The van der Waals surface area contributed by atoms with E-state index < -0.39 is 17.7 Å². The predicted octanol–water partition coefficient (Wildman–Crippen LogP) is 4.75. The summed E-state index contributed by atoms with van der Waals surface area (Å²) in [5.74, 6) is -0.0287. The highest BCUT2D eigenvalue weighted by molar-refractivity contribution is 6.46. The summed E-state index contributed by atoms with van der Waals surface area (Å²) in [4.78, 5) is 32.5. The highest BCUT2D eigenvalue weighted by Crippen LogP contribution is 2.42. The minimum atomic E-state index is -0.800. The van der Waals surface area contributed by atoms with E-state index in [-0.39, 0.29) is 11.3 Å². The first-order valence-corrected chi connectivity index (χ1v) is 13.5. The van der Waals surface area contributed by atoms with Crippen LogP contribution in [0.2, 0.25) is 0 Å². The van der Waals surface area contributed by atoms with E-state index in [4.69, 9.17) is 14.2 Å². The first-order valence-electron chi connectivity index (χ1n) is 13.5. The molecule has 1 aromatic heterocycles. The number of hydrogen-bond acceptors (Lipinski definition) is 7. The van der Waals surface area contributed by atoms with E-state index in [1.165, 1.54) is 4.90 Å². The number of carbonyl (C=O) groups excluding carboxylic acids is 2. The van der Waals surface area contributed by atoms with Crippen LogP contribution in [0.25, 0.3) is 5.76 Å². The summed E-state index contributed by atoms with van der Waals surface area (Å²) in [6, 6.07) is 21.3. The summed E-state index contributed by atoms with van der Waals surface area (Å²) in [5, 5.41) is 11.5. The summed E-state index contributed by atoms with van der Waals surface area (Å²) in [6.45, 7) is 2.12. The lowest BCUT2D eigenvalue weighted by Gasteiger charge is -2.26. The van der Waals surface area contributed by atoms with E-state index in [9.17, 15) is 14.7 Å². The van der Waals surface area contributed by atoms with Gasteiger partial charge in [0.15, 0.2) is 11.5 Å². The zero-order chi connectivity index (χ0) is 28.2. The second-order valence-corrected chi connectivity index (χ2v) is 9.85. The Hall–Kier alpha value is -5.05. The maximum atomic E-state index is 13.5. The van der Waals surface area contributed by atoms with Crippen molar-refractivity contribution in [3.8, 4) is 17.2 Å². The van der Waals surface area contributed by atoms with Crippen LogP contribution < -0.4 is 14.2 Å². The van der Waals surface area contributed by atoms with Gasteiger partial charge in [-0.1, -0.05) is 42.5 Å². The molecule has 0 spiro atoms. The van der Waals surface area contributed by atoms with Crippen molar-refractivity contribution in [1.82, 2.24) is 14.5 Å². The Morgan fingerprint density at radius 1 is 0.951 bits per heavy atom. The molecular weight excluding hydrogens is 522 g/mol. The van der Waals surface area contributed by atoms with Gasteiger partial charge >= 0.3 is 0 Å². The Bertz CT molecular complexity index is 1580. The van der Waals surface area contributed by atoms with Gasteiger partial charge in [-0.2, -0.15) is 0 Å². The fourth-order valence-electron chi connectivity index (χ4n) is 5.16. The fourth-order valence-corrected chi connectivity index (χ4v) is 5.16. The largest absolute Gasteiger partial charge is 0.507 e. The summed E-state index contributed by atoms with van der Waals surface area (Å²) in [5.41, 5.74) is 2.07. The Morgan fingerprint density at radius 3 is 2.59 bits per heavy atom. The quantitative estimate of drug-likeness (QED) is 0.182. The lowest BCUT2D eigenvalue weighted by molar-refractivity contribution is -0.139. The zero-order valence-electron chi connectivity index (χ0n) is 22.3. The van der Waals surface area contributed by atoms with Crippen LogP contribution in [0, 0.1) is 0 Å². The van der Waals surface area contributed by atoms with E-state index in [1.54, 1.807) is 30.7 Å². The van der Waals surface area contributed by atoms with Crippen molar-refractivity contribution in [1.29, 1.82) is 0 Å². The van der Waals surface area contributed by atoms with Gasteiger partial charge in [0.05, 0.1) is 17.9 Å². The molecule has 208 valence electrons. The number of fused-ring (bicyclic) bond motifs is 1. The van der Waals surface area contributed by atoms with Gasteiger partial charge in [-0.25, -0.2) is 4.98 Å². The number of rotatable bonds is 9. The number of aliphatic hydroxyl groups excluding tert-OH is 1. The van der Waals surface area contributed by atoms with Crippen LogP contribution in [0.3, 0.4) is 0 Å². The van der Waals surface area contributed by atoms with E-state index in [1.807, 2.05) is 65.4 Å². The third-order valence-corrected chi connectivity index (χ3v) is 7.15. The molecule has 1 saturated heterocycles. The van der Waals surface area contributed by atoms with Gasteiger partial charge in [0.2, 0.25) is 0 Å². The number of benzene rings is 3. The van der Waals surface area contributed by atoms with Crippen LogP contribution in [0.5, 0.6) is 17.2 Å². The number of imidazole rings is 1. The molecule has 0 bridgehead atoms. The highest BCUT2D eigenvalue weighted by atomic mass is 16.6. The monoisotopic (exact) mass is 551 g/mol. The smallest absolute Gasteiger partial charge is 0.295 e. The molecule has 6 rings (SSSR count). The molecule has 0 saturated carbocycles. The Labute approximate surface area is 237 Å². The summed E-state index contributed by atoms with van der Waals surface area (Å²) in [6.07, 6.45) is 5.84. The van der Waals surface area contributed by atoms with Crippen LogP contribution in [-0.4, -0.2) is 51.0 Å². The van der Waals surface area contributed by atoms with Gasteiger partial charge in [-0.05, 0) is 47.9 Å². The van der Waals surface area contributed by atoms with Crippen LogP contribution in [0.4, 0.5) is 0 Å². The number of Topliss-reactive ketones (excluding diaryl/α,β-unsaturated/α-hetero) is 1. The van der Waals surface area contributed by atoms with E-state index in [0.29, 0.717) is 67.7 Å². The van der Waals surface area contributed by atoms with Crippen LogP contribution in [0.1, 0.15) is 29.2 Å². The molecule has 1 N–H and O–H groups in total. The topological polar surface area (TPSA) is 103 Å². The van der Waals surface area contributed by atoms with E-state index >= 15 is 0 Å². The van der Waals surface area contributed by atoms with Gasteiger partial charge in [-0.3, -0.25) is 9.59 Å². The van der Waals surface area contributed by atoms with Crippen molar-refractivity contribution in [3.05, 3.63) is 114 Å². The molecule has 0 aliphatic carbocycles. The molecule has 9 heteroatoms. The number of aromatic nitrogens is 2. The second kappa shape index (κ2) is 11.6. The zero-order valence-corrected chi connectivity index (χ0v) is 22.3. The SMILES string of the molecule is O=C1C(=O)N(CCCn2ccnc2)[C@H](c2cccc(OCc3ccccc3)c2)C1=C(O)c1ccc2c(c1)OCCO2. The number of ether oxygens (including phenoxy) is 3. The van der Waals surface area contributed by atoms with Crippen molar-refractivity contribution in [2.45, 2.75) is 25.6 Å². The molecule has 3 aromatic carbocycles. The predicted molar refractivity (Wildman–Crippen MR) is 151 cm³/mol. The third-order valence-electron chi connectivity index (χ3n) is 7.15. The van der Waals surface area contributed by atoms with Gasteiger partial charge < -0.3 is 28.8 Å². The maximum absolute atomic E-state index is 13.5. The summed E-state index contributed by atoms with van der Waals surface area (Å²) < 4.78 is 19.2. The van der Waals surface area contributed by atoms with Crippen molar-refractivity contribution in [3.63, 3.8) is 0 Å². The van der Waals surface area contributed by atoms with Crippen LogP contribution in [0.15, 0.2) is 97.1 Å². The Kier molecular flexibility index (Phi) is 7.40. The maximum Gasteiger partial charge on any atom is 0.295 e. The average Bonchev–Trinajstić information content (AvgIpc) is 3.62. The first-order chi connectivity index (χ1) is 20.1. The van der Waals surface area contributed by atoms with Crippen LogP contribution in [-0.2, 0) is 22.7 Å². The highest BCUT2D eigenvalue weighted by Gasteiger charge is 2.46. The average molecular weight is 552 g/mol. The first kappa shape index (κ1) is 26.2. The minimum Gasteiger partial charge on any atom is -0.507 e. The second-order valence-electron chi connectivity index (χ2n) is 9.85. The normalized spacial score (nSPS) is 17.6. The van der Waals surface area contributed by atoms with Crippen LogP contribution >= 0.6 is 0 Å². The lowest BCUT2D eigenvalue weighted by atomic mass is 9.95. The van der Waals surface area contributed by atoms with E-state index in [0.717, 1.165) is 5.56 Å². The van der Waals surface area contributed by atoms with Crippen molar-refractivity contribution in [2.24, 2.45) is 0 Å². The Morgan fingerprint density at radius 2 is 1.78 bits per heavy atom. The van der Waals surface area contributed by atoms with Gasteiger partial charge in [0.1, 0.15) is 31.3 Å². The molecule has 41 heavy (non-hydrogen) atoms. The van der Waals surface area contributed by atoms with Gasteiger partial charge in [-0.15, -0.1) is 0 Å². The number of nitrogens with zero attached hydrogens (tertiary/aromatic N) is 3. The number of aliphatic hydroxyl groups is 1. The number of amides is 1. The lowest BCUT2D eigenvalue weighted by Crippen LogP contribution is -2.31. The summed E-state index contributed by atoms with van der Waals surface area (Å²) >= 11 is 0. The molecule has 4 aromatic rings. The number of ketones is 1. The van der Waals surface area contributed by atoms with Crippen molar-refractivity contribution >= 4 is 17.4 Å². The molecular formula is C32H29N3O6. The third kappa shape index (κ3) is 5.51. The number of likely N-dealkylation sites (tertiary alicyclic amines) is 1. The fraction of sp³-hybridized carbons (Fsp3) is 0.219. The van der Waals surface area contributed by atoms with Gasteiger partial charge in [0.25, 0.3) is 11.7 Å². The molecule has 0 unspecified atom stereocenters. The molecule has 1 fully saturated rings. The molecule has 0 radical (unpaired) electrons. The minimum absolute atomic E-state index is 0.0227. The Balaban J connectivity index is 1.35. The molecule has 2 aliphatic rings. The number of carbonyl (C=O) groups is 2.